The maximum absolute atomic E-state index is 13.9. The van der Waals surface area contributed by atoms with E-state index < -0.39 is 24.3 Å². The van der Waals surface area contributed by atoms with Crippen LogP contribution in [-0.2, 0) is 25.7 Å². The third kappa shape index (κ3) is 6.48. The van der Waals surface area contributed by atoms with E-state index in [1.54, 1.807) is 41.8 Å². The molecule has 1 heterocycles. The largest absolute Gasteiger partial charge is 0.464 e. The first-order chi connectivity index (χ1) is 20.1. The molecule has 0 saturated heterocycles. The number of ether oxygens (including phenoxy) is 1. The lowest BCUT2D eigenvalue weighted by molar-refractivity contribution is 0.0239. The molecule has 3 aromatic carbocycles. The van der Waals surface area contributed by atoms with E-state index in [-0.39, 0.29) is 39.6 Å². The standard InChI is InChI=1S/C32H37ClN2O6SSi/c1-8-34(41-43(6,7)32(2,3)4)42(38,39)25-17-14-22(15-18-25)20-27-29(31(37)40-5)35(24-12-10-9-11-13-24)28-21-23(33)16-19-26(28)30(27)36/h9-19,21H,8,20H2,1-7H3. The summed E-state index contributed by atoms with van der Waals surface area (Å²) in [6, 6.07) is 20.4. The highest BCUT2D eigenvalue weighted by Gasteiger charge is 2.42. The smallest absolute Gasteiger partial charge is 0.355 e. The second kappa shape index (κ2) is 12.4. The summed E-state index contributed by atoms with van der Waals surface area (Å²) < 4.78 is 41.1. The highest BCUT2D eigenvalue weighted by molar-refractivity contribution is 7.89. The van der Waals surface area contributed by atoms with E-state index >= 15 is 0 Å². The lowest BCUT2D eigenvalue weighted by Crippen LogP contribution is -2.48. The van der Waals surface area contributed by atoms with Crippen LogP contribution in [0.5, 0.6) is 0 Å². The number of methoxy groups -OCH3 is 1. The van der Waals surface area contributed by atoms with Crippen LogP contribution in [0.1, 0.15) is 49.3 Å². The minimum Gasteiger partial charge on any atom is -0.464 e. The monoisotopic (exact) mass is 640 g/mol. The van der Waals surface area contributed by atoms with E-state index in [0.717, 1.165) is 4.47 Å². The number of fused-ring (bicyclic) bond motifs is 1. The van der Waals surface area contributed by atoms with Gasteiger partial charge in [0.15, 0.2) is 5.43 Å². The second-order valence-electron chi connectivity index (χ2n) is 11.8. The van der Waals surface area contributed by atoms with Gasteiger partial charge >= 0.3 is 5.97 Å². The molecule has 8 nitrogen and oxygen atoms in total. The summed E-state index contributed by atoms with van der Waals surface area (Å²) in [5.74, 6) is -0.682. The fraction of sp³-hybridized carbons (Fsp3) is 0.312. The van der Waals surface area contributed by atoms with Crippen LogP contribution in [0.4, 0.5) is 0 Å². The molecule has 0 amide bonds. The van der Waals surface area contributed by atoms with Crippen molar-refractivity contribution in [1.82, 2.24) is 9.04 Å². The molecular weight excluding hydrogens is 604 g/mol. The van der Waals surface area contributed by atoms with Crippen molar-refractivity contribution in [3.8, 4) is 5.69 Å². The van der Waals surface area contributed by atoms with Crippen molar-refractivity contribution in [2.75, 3.05) is 13.7 Å². The molecule has 0 N–H and O–H groups in total. The Labute approximate surface area is 259 Å². The average molecular weight is 641 g/mol. The van der Waals surface area contributed by atoms with Gasteiger partial charge in [-0.3, -0.25) is 4.79 Å². The molecular formula is C32H37ClN2O6SSi. The van der Waals surface area contributed by atoms with Gasteiger partial charge in [0.25, 0.3) is 10.0 Å². The first-order valence-electron chi connectivity index (χ1n) is 13.9. The molecule has 0 aliphatic rings. The van der Waals surface area contributed by atoms with Gasteiger partial charge in [0.05, 0.1) is 17.5 Å². The van der Waals surface area contributed by atoms with Crippen LogP contribution in [0.15, 0.2) is 82.5 Å². The number of carbonyl (C=O) groups is 1. The number of para-hydroxylation sites is 1. The van der Waals surface area contributed by atoms with E-state index in [9.17, 15) is 18.0 Å². The minimum atomic E-state index is -3.95. The summed E-state index contributed by atoms with van der Waals surface area (Å²) >= 11 is 6.32. The normalized spacial score (nSPS) is 12.6. The fourth-order valence-corrected chi connectivity index (χ4v) is 7.59. The van der Waals surface area contributed by atoms with Crippen LogP contribution in [0, 0.1) is 0 Å². The van der Waals surface area contributed by atoms with E-state index in [0.29, 0.717) is 27.2 Å². The molecule has 0 spiro atoms. The molecule has 0 unspecified atom stereocenters. The number of nitrogens with zero attached hydrogens (tertiary/aromatic N) is 2. The summed E-state index contributed by atoms with van der Waals surface area (Å²) in [6.45, 7) is 12.0. The predicted octanol–water partition coefficient (Wildman–Crippen LogP) is 6.97. The second-order valence-corrected chi connectivity index (χ2v) is 18.7. The highest BCUT2D eigenvalue weighted by Crippen LogP contribution is 2.38. The molecule has 0 fully saturated rings. The zero-order chi connectivity index (χ0) is 31.7. The lowest BCUT2D eigenvalue weighted by Gasteiger charge is -2.38. The van der Waals surface area contributed by atoms with Crippen molar-refractivity contribution >= 4 is 46.8 Å². The fourth-order valence-electron chi connectivity index (χ4n) is 4.50. The quantitative estimate of drug-likeness (QED) is 0.111. The van der Waals surface area contributed by atoms with Crippen molar-refractivity contribution in [2.24, 2.45) is 0 Å². The van der Waals surface area contributed by atoms with Gasteiger partial charge in [0.1, 0.15) is 5.69 Å². The van der Waals surface area contributed by atoms with Crippen molar-refractivity contribution in [3.63, 3.8) is 0 Å². The maximum Gasteiger partial charge on any atom is 0.355 e. The van der Waals surface area contributed by atoms with E-state index in [1.165, 1.54) is 19.2 Å². The van der Waals surface area contributed by atoms with Gasteiger partial charge in [-0.1, -0.05) is 67.2 Å². The summed E-state index contributed by atoms with van der Waals surface area (Å²) in [5, 5.41) is 0.613. The molecule has 0 radical (unpaired) electrons. The van der Waals surface area contributed by atoms with Gasteiger partial charge < -0.3 is 13.8 Å². The number of carbonyl (C=O) groups excluding carboxylic acids is 1. The number of hydrogen-bond donors (Lipinski definition) is 0. The Kier molecular flexibility index (Phi) is 9.39. The van der Waals surface area contributed by atoms with Gasteiger partial charge in [-0.05, 0) is 73.1 Å². The molecule has 0 atom stereocenters. The molecule has 4 rings (SSSR count). The number of sulfonamides is 1. The topological polar surface area (TPSA) is 94.9 Å². The molecule has 1 aromatic heterocycles. The third-order valence-corrected chi connectivity index (χ3v) is 14.3. The minimum absolute atomic E-state index is 0.0625. The number of benzene rings is 3. The number of rotatable bonds is 9. The van der Waals surface area contributed by atoms with Gasteiger partial charge in [0.2, 0.25) is 8.32 Å². The third-order valence-electron chi connectivity index (χ3n) is 7.89. The summed E-state index contributed by atoms with van der Waals surface area (Å²) in [7, 11) is -5.11. The Morgan fingerprint density at radius 3 is 2.19 bits per heavy atom. The van der Waals surface area contributed by atoms with Gasteiger partial charge in [-0.15, -0.1) is 0 Å². The molecule has 43 heavy (non-hydrogen) atoms. The van der Waals surface area contributed by atoms with E-state index in [2.05, 4.69) is 0 Å². The summed E-state index contributed by atoms with van der Waals surface area (Å²) in [6.07, 6.45) is 0.0625. The number of hydroxylamine groups is 1. The lowest BCUT2D eigenvalue weighted by atomic mass is 9.99. The van der Waals surface area contributed by atoms with Crippen molar-refractivity contribution < 1.29 is 22.5 Å². The Hall–Kier alpha value is -3.28. The molecule has 11 heteroatoms. The van der Waals surface area contributed by atoms with Crippen molar-refractivity contribution in [1.29, 1.82) is 0 Å². The van der Waals surface area contributed by atoms with Crippen LogP contribution < -0.4 is 5.43 Å². The molecule has 0 aliphatic heterocycles. The number of halogens is 1. The predicted molar refractivity (Wildman–Crippen MR) is 173 cm³/mol. The van der Waals surface area contributed by atoms with E-state index in [4.69, 9.17) is 20.9 Å². The van der Waals surface area contributed by atoms with Crippen LogP contribution in [0.3, 0.4) is 0 Å². The van der Waals surface area contributed by atoms with Crippen molar-refractivity contribution in [3.05, 3.63) is 105 Å². The van der Waals surface area contributed by atoms with Crippen LogP contribution in [0.25, 0.3) is 16.6 Å². The Morgan fingerprint density at radius 2 is 1.63 bits per heavy atom. The first-order valence-corrected chi connectivity index (χ1v) is 18.7. The SMILES string of the molecule is CCN(O[Si](C)(C)C(C)(C)C)S(=O)(=O)c1ccc(Cc2c(C(=O)OC)n(-c3ccccc3)c3cc(Cl)ccc3c2=O)cc1. The average Bonchev–Trinajstić information content (AvgIpc) is 2.96. The van der Waals surface area contributed by atoms with Crippen molar-refractivity contribution in [2.45, 2.75) is 57.1 Å². The summed E-state index contributed by atoms with van der Waals surface area (Å²) in [4.78, 5) is 27.2. The molecule has 0 bridgehead atoms. The number of aromatic nitrogens is 1. The number of esters is 1. The van der Waals surface area contributed by atoms with Gasteiger partial charge in [0, 0.05) is 34.6 Å². The molecule has 228 valence electrons. The summed E-state index contributed by atoms with van der Waals surface area (Å²) in [5.41, 5.74) is 1.72. The zero-order valence-corrected chi connectivity index (χ0v) is 28.0. The van der Waals surface area contributed by atoms with Crippen LogP contribution >= 0.6 is 11.6 Å². The number of pyridine rings is 1. The highest BCUT2D eigenvalue weighted by atomic mass is 35.5. The maximum atomic E-state index is 13.9. The molecule has 0 saturated carbocycles. The number of hydrogen-bond acceptors (Lipinski definition) is 6. The van der Waals surface area contributed by atoms with Gasteiger partial charge in [-0.25, -0.2) is 13.2 Å². The zero-order valence-electron chi connectivity index (χ0n) is 25.5. The Morgan fingerprint density at radius 1 is 1.00 bits per heavy atom. The molecule has 4 aromatic rings. The van der Waals surface area contributed by atoms with Crippen LogP contribution in [-0.4, -0.2) is 45.4 Å². The molecule has 0 aliphatic carbocycles. The van der Waals surface area contributed by atoms with E-state index in [1.807, 2.05) is 64.2 Å². The Balaban J connectivity index is 1.81. The first kappa shape index (κ1) is 32.6. The van der Waals surface area contributed by atoms with Gasteiger partial charge in [-0.2, -0.15) is 0 Å². The van der Waals surface area contributed by atoms with Crippen LogP contribution in [0.2, 0.25) is 23.2 Å². The Bertz CT molecular complexity index is 1820.